The van der Waals surface area contributed by atoms with Crippen LogP contribution in [0.3, 0.4) is 0 Å². The second-order valence-corrected chi connectivity index (χ2v) is 5.20. The Morgan fingerprint density at radius 1 is 1.22 bits per heavy atom. The van der Waals surface area contributed by atoms with Gasteiger partial charge in [-0.3, -0.25) is 4.79 Å². The van der Waals surface area contributed by atoms with Crippen molar-refractivity contribution in [3.05, 3.63) is 64.7 Å². The topological polar surface area (TPSA) is 77.3 Å². The molecule has 5 nitrogen and oxygen atoms in total. The molecule has 0 fully saturated rings. The lowest BCUT2D eigenvalue weighted by Gasteiger charge is -2.09. The normalized spacial score (nSPS) is 10.3. The first kappa shape index (κ1) is 16.2. The summed E-state index contributed by atoms with van der Waals surface area (Å²) in [6, 6.07) is 15.0. The third-order valence-electron chi connectivity index (χ3n) is 3.26. The third-order valence-corrected chi connectivity index (χ3v) is 3.26. The SMILES string of the molecule is Cc1ccc(NCC(=O)N/N=C\c2ccc(C#N)cc2)c(C)c1. The van der Waals surface area contributed by atoms with Crippen LogP contribution in [0.15, 0.2) is 47.6 Å². The number of anilines is 1. The number of hydrogen-bond donors (Lipinski definition) is 2. The van der Waals surface area contributed by atoms with Crippen molar-refractivity contribution < 1.29 is 4.79 Å². The van der Waals surface area contributed by atoms with E-state index >= 15 is 0 Å². The summed E-state index contributed by atoms with van der Waals surface area (Å²) in [6.07, 6.45) is 1.54. The largest absolute Gasteiger partial charge is 0.376 e. The Balaban J connectivity index is 1.82. The van der Waals surface area contributed by atoms with Gasteiger partial charge in [-0.1, -0.05) is 29.8 Å². The first-order chi connectivity index (χ1) is 11.1. The summed E-state index contributed by atoms with van der Waals surface area (Å²) in [7, 11) is 0. The molecule has 0 heterocycles. The molecule has 116 valence electrons. The molecule has 0 aliphatic heterocycles. The Bertz CT molecular complexity index is 758. The van der Waals surface area contributed by atoms with Crippen molar-refractivity contribution in [1.29, 1.82) is 5.26 Å². The monoisotopic (exact) mass is 306 g/mol. The Labute approximate surface area is 135 Å². The highest BCUT2D eigenvalue weighted by atomic mass is 16.2. The quantitative estimate of drug-likeness (QED) is 0.658. The first-order valence-electron chi connectivity index (χ1n) is 7.21. The summed E-state index contributed by atoms with van der Waals surface area (Å²) in [5.74, 6) is -0.227. The molecule has 2 aromatic rings. The van der Waals surface area contributed by atoms with Crippen molar-refractivity contribution in [3.8, 4) is 6.07 Å². The minimum Gasteiger partial charge on any atom is -0.376 e. The number of hydrazone groups is 1. The van der Waals surface area contributed by atoms with Gasteiger partial charge in [0, 0.05) is 5.69 Å². The van der Waals surface area contributed by atoms with Crippen LogP contribution in [0.25, 0.3) is 0 Å². The number of carbonyl (C=O) groups excluding carboxylic acids is 1. The fraction of sp³-hybridized carbons (Fsp3) is 0.167. The van der Waals surface area contributed by atoms with E-state index in [1.165, 1.54) is 11.8 Å². The van der Waals surface area contributed by atoms with Crippen LogP contribution in [-0.4, -0.2) is 18.7 Å². The highest BCUT2D eigenvalue weighted by Gasteiger charge is 2.02. The summed E-state index contributed by atoms with van der Waals surface area (Å²) in [6.45, 7) is 4.17. The van der Waals surface area contributed by atoms with Crippen LogP contribution in [0.5, 0.6) is 0 Å². The van der Waals surface area contributed by atoms with Gasteiger partial charge in [-0.2, -0.15) is 10.4 Å². The van der Waals surface area contributed by atoms with Crippen LogP contribution in [0.4, 0.5) is 5.69 Å². The van der Waals surface area contributed by atoms with E-state index in [1.807, 2.05) is 32.0 Å². The molecule has 23 heavy (non-hydrogen) atoms. The standard InChI is InChI=1S/C18H18N4O/c1-13-3-8-17(14(2)9-13)20-12-18(23)22-21-11-16-6-4-15(10-19)5-7-16/h3-9,11,20H,12H2,1-2H3,(H,22,23)/b21-11-. The second-order valence-electron chi connectivity index (χ2n) is 5.20. The van der Waals surface area contributed by atoms with E-state index in [9.17, 15) is 4.79 Å². The maximum atomic E-state index is 11.8. The zero-order valence-electron chi connectivity index (χ0n) is 13.1. The average Bonchev–Trinajstić information content (AvgIpc) is 2.54. The predicted octanol–water partition coefficient (Wildman–Crippen LogP) is 2.74. The molecule has 2 aromatic carbocycles. The van der Waals surface area contributed by atoms with Crippen molar-refractivity contribution in [3.63, 3.8) is 0 Å². The van der Waals surface area contributed by atoms with Gasteiger partial charge in [-0.25, -0.2) is 5.43 Å². The van der Waals surface area contributed by atoms with Crippen molar-refractivity contribution >= 4 is 17.8 Å². The Morgan fingerprint density at radius 3 is 2.61 bits per heavy atom. The number of carbonyl (C=O) groups is 1. The maximum absolute atomic E-state index is 11.8. The lowest BCUT2D eigenvalue weighted by atomic mass is 10.1. The molecule has 0 spiro atoms. The molecule has 0 aromatic heterocycles. The van der Waals surface area contributed by atoms with Crippen LogP contribution in [0.2, 0.25) is 0 Å². The van der Waals surface area contributed by atoms with Gasteiger partial charge in [-0.15, -0.1) is 0 Å². The number of benzene rings is 2. The van der Waals surface area contributed by atoms with E-state index in [1.54, 1.807) is 24.3 Å². The number of aryl methyl sites for hydroxylation is 2. The van der Waals surface area contributed by atoms with E-state index in [2.05, 4.69) is 21.9 Å². The molecule has 0 saturated heterocycles. The highest BCUT2D eigenvalue weighted by Crippen LogP contribution is 2.15. The van der Waals surface area contributed by atoms with Crippen molar-refractivity contribution in [1.82, 2.24) is 5.43 Å². The van der Waals surface area contributed by atoms with E-state index in [0.717, 1.165) is 16.8 Å². The van der Waals surface area contributed by atoms with Gasteiger partial charge >= 0.3 is 0 Å². The fourth-order valence-corrected chi connectivity index (χ4v) is 2.05. The molecule has 2 rings (SSSR count). The van der Waals surface area contributed by atoms with Crippen LogP contribution in [0, 0.1) is 25.2 Å². The molecule has 0 saturated carbocycles. The predicted molar refractivity (Wildman–Crippen MR) is 91.3 cm³/mol. The van der Waals surface area contributed by atoms with Gasteiger partial charge in [-0.05, 0) is 43.2 Å². The molecular weight excluding hydrogens is 288 g/mol. The summed E-state index contributed by atoms with van der Waals surface area (Å²) in [5, 5.41) is 15.7. The van der Waals surface area contributed by atoms with Gasteiger partial charge in [0.1, 0.15) is 0 Å². The summed E-state index contributed by atoms with van der Waals surface area (Å²) in [5.41, 5.74) is 7.08. The molecule has 0 aliphatic carbocycles. The molecular formula is C18H18N4O. The zero-order valence-corrected chi connectivity index (χ0v) is 13.1. The molecule has 5 heteroatoms. The minimum atomic E-state index is -0.227. The number of nitriles is 1. The van der Waals surface area contributed by atoms with Gasteiger partial charge in [0.2, 0.25) is 0 Å². The van der Waals surface area contributed by atoms with Gasteiger partial charge < -0.3 is 5.32 Å². The van der Waals surface area contributed by atoms with E-state index < -0.39 is 0 Å². The highest BCUT2D eigenvalue weighted by molar-refractivity contribution is 5.84. The smallest absolute Gasteiger partial charge is 0.259 e. The van der Waals surface area contributed by atoms with Crippen LogP contribution >= 0.6 is 0 Å². The van der Waals surface area contributed by atoms with Crippen molar-refractivity contribution in [2.45, 2.75) is 13.8 Å². The lowest BCUT2D eigenvalue weighted by Crippen LogP contribution is -2.26. The third kappa shape index (κ3) is 4.97. The van der Waals surface area contributed by atoms with Crippen LogP contribution in [-0.2, 0) is 4.79 Å². The molecule has 0 bridgehead atoms. The molecule has 0 atom stereocenters. The zero-order chi connectivity index (χ0) is 16.7. The number of amides is 1. The number of nitrogens with one attached hydrogen (secondary N) is 2. The number of rotatable bonds is 5. The first-order valence-corrected chi connectivity index (χ1v) is 7.21. The van der Waals surface area contributed by atoms with E-state index in [4.69, 9.17) is 5.26 Å². The molecule has 2 N–H and O–H groups in total. The van der Waals surface area contributed by atoms with E-state index in [0.29, 0.717) is 5.56 Å². The Hall–Kier alpha value is -3.13. The number of nitrogens with zero attached hydrogens (tertiary/aromatic N) is 2. The lowest BCUT2D eigenvalue weighted by molar-refractivity contribution is -0.119. The fourth-order valence-electron chi connectivity index (χ4n) is 2.05. The molecule has 1 amide bonds. The van der Waals surface area contributed by atoms with Crippen molar-refractivity contribution in [2.24, 2.45) is 5.10 Å². The molecule has 0 radical (unpaired) electrons. The van der Waals surface area contributed by atoms with Gasteiger partial charge in [0.15, 0.2) is 0 Å². The summed E-state index contributed by atoms with van der Waals surface area (Å²) < 4.78 is 0. The average molecular weight is 306 g/mol. The summed E-state index contributed by atoms with van der Waals surface area (Å²) >= 11 is 0. The Kier molecular flexibility index (Phi) is 5.48. The Morgan fingerprint density at radius 2 is 1.96 bits per heavy atom. The van der Waals surface area contributed by atoms with E-state index in [-0.39, 0.29) is 12.5 Å². The van der Waals surface area contributed by atoms with Crippen LogP contribution < -0.4 is 10.7 Å². The maximum Gasteiger partial charge on any atom is 0.259 e. The number of hydrogen-bond acceptors (Lipinski definition) is 4. The minimum absolute atomic E-state index is 0.147. The molecule has 0 unspecified atom stereocenters. The molecule has 0 aliphatic rings. The van der Waals surface area contributed by atoms with Gasteiger partial charge in [0.05, 0.1) is 24.4 Å². The van der Waals surface area contributed by atoms with Crippen molar-refractivity contribution in [2.75, 3.05) is 11.9 Å². The van der Waals surface area contributed by atoms with Crippen LogP contribution in [0.1, 0.15) is 22.3 Å². The van der Waals surface area contributed by atoms with Gasteiger partial charge in [0.25, 0.3) is 5.91 Å². The summed E-state index contributed by atoms with van der Waals surface area (Å²) in [4.78, 5) is 11.8. The second kappa shape index (κ2) is 7.76.